The van der Waals surface area contributed by atoms with E-state index >= 15 is 0 Å². The van der Waals surface area contributed by atoms with Crippen molar-refractivity contribution in [2.45, 2.75) is 302 Å². The first kappa shape index (κ1) is 89.8. The molecule has 0 saturated carbocycles. The zero-order valence-corrected chi connectivity index (χ0v) is 61.2. The Kier molecular flexibility index (Phi) is 73.6. The topological polar surface area (TPSA) is 134 Å². The molecule has 0 spiro atoms. The molecule has 95 heavy (non-hydrogen) atoms. The molecule has 0 aliphatic rings. The molecule has 0 aromatic rings. The Hall–Kier alpha value is -5.15. The smallest absolute Gasteiger partial charge is 0.462 e. The lowest BCUT2D eigenvalue weighted by atomic mass is 10.0. The van der Waals surface area contributed by atoms with E-state index in [2.05, 4.69) is 208 Å². The van der Waals surface area contributed by atoms with Crippen molar-refractivity contribution in [1.29, 1.82) is 0 Å². The van der Waals surface area contributed by atoms with Crippen molar-refractivity contribution in [2.24, 2.45) is 5.73 Å². The van der Waals surface area contributed by atoms with Gasteiger partial charge in [0.15, 0.2) is 6.10 Å². The van der Waals surface area contributed by atoms with E-state index in [1.54, 1.807) is 0 Å². The van der Waals surface area contributed by atoms with Crippen molar-refractivity contribution in [3.05, 3.63) is 194 Å². The third kappa shape index (κ3) is 77.7. The fraction of sp³-hybridized carbons (Fsp3) is 0.600. The second-order valence-corrected chi connectivity index (χ2v) is 25.9. The highest BCUT2D eigenvalue weighted by Gasteiger charge is 2.26. The van der Waals surface area contributed by atoms with Crippen LogP contribution in [0.1, 0.15) is 296 Å². The van der Waals surface area contributed by atoms with E-state index in [0.717, 1.165) is 154 Å². The first-order valence-corrected chi connectivity index (χ1v) is 39.4. The third-order valence-electron chi connectivity index (χ3n) is 15.5. The lowest BCUT2D eigenvalue weighted by Crippen LogP contribution is -2.29. The number of phosphoric acid groups is 1. The number of hydrogen-bond donors (Lipinski definition) is 2. The number of carbonyl (C=O) groups is 2. The molecule has 0 rings (SSSR count). The van der Waals surface area contributed by atoms with Gasteiger partial charge in [0, 0.05) is 19.4 Å². The Balaban J connectivity index is 3.93. The van der Waals surface area contributed by atoms with E-state index in [0.29, 0.717) is 6.42 Å². The summed E-state index contributed by atoms with van der Waals surface area (Å²) < 4.78 is 33.2. The van der Waals surface area contributed by atoms with Crippen molar-refractivity contribution < 1.29 is 37.6 Å². The van der Waals surface area contributed by atoms with Gasteiger partial charge in [-0.1, -0.05) is 337 Å². The lowest BCUT2D eigenvalue weighted by Gasteiger charge is -2.19. The maximum absolute atomic E-state index is 12.8. The first-order valence-electron chi connectivity index (χ1n) is 37.9. The predicted octanol–water partition coefficient (Wildman–Crippen LogP) is 25.6. The normalized spacial score (nSPS) is 14.0. The Labute approximate surface area is 583 Å². The van der Waals surface area contributed by atoms with Gasteiger partial charge in [0.1, 0.15) is 6.61 Å². The molecule has 0 aliphatic heterocycles. The maximum atomic E-state index is 12.8. The molecule has 0 amide bonds. The van der Waals surface area contributed by atoms with Crippen LogP contribution in [0.25, 0.3) is 0 Å². The molecule has 3 N–H and O–H groups in total. The Morgan fingerprint density at radius 2 is 0.547 bits per heavy atom. The molecule has 10 heteroatoms. The molecule has 536 valence electrons. The molecule has 0 fully saturated rings. The van der Waals surface area contributed by atoms with E-state index in [-0.39, 0.29) is 38.6 Å². The van der Waals surface area contributed by atoms with Crippen molar-refractivity contribution in [3.63, 3.8) is 0 Å². The Morgan fingerprint density at radius 3 is 0.811 bits per heavy atom. The summed E-state index contributed by atoms with van der Waals surface area (Å²) >= 11 is 0. The number of phosphoric ester groups is 1. The lowest BCUT2D eigenvalue weighted by molar-refractivity contribution is -0.161. The highest BCUT2D eigenvalue weighted by Crippen LogP contribution is 2.43. The zero-order chi connectivity index (χ0) is 68.6. The molecule has 0 aromatic heterocycles. The largest absolute Gasteiger partial charge is 0.472 e. The average molecular weight is 1330 g/mol. The highest BCUT2D eigenvalue weighted by atomic mass is 31.2. The van der Waals surface area contributed by atoms with E-state index < -0.39 is 26.5 Å². The number of esters is 2. The van der Waals surface area contributed by atoms with Crippen LogP contribution in [0, 0.1) is 0 Å². The number of carbonyl (C=O) groups excluding carboxylic acids is 2. The summed E-state index contributed by atoms with van der Waals surface area (Å²) in [6, 6.07) is 0. The van der Waals surface area contributed by atoms with Crippen LogP contribution >= 0.6 is 7.82 Å². The molecule has 0 aromatic carbocycles. The summed E-state index contributed by atoms with van der Waals surface area (Å²) in [6.07, 6.45) is 118. The average Bonchev–Trinajstić information content (AvgIpc) is 3.16. The summed E-state index contributed by atoms with van der Waals surface area (Å²) in [5.74, 6) is -0.838. The minimum atomic E-state index is -4.41. The molecule has 0 radical (unpaired) electrons. The molecule has 0 saturated heterocycles. The second kappa shape index (κ2) is 77.9. The van der Waals surface area contributed by atoms with Gasteiger partial charge in [0.25, 0.3) is 0 Å². The van der Waals surface area contributed by atoms with Crippen LogP contribution in [-0.2, 0) is 32.7 Å². The van der Waals surface area contributed by atoms with Crippen LogP contribution in [0.5, 0.6) is 0 Å². The van der Waals surface area contributed by atoms with Gasteiger partial charge in [-0.3, -0.25) is 18.6 Å². The summed E-state index contributed by atoms with van der Waals surface area (Å²) in [7, 11) is -4.41. The van der Waals surface area contributed by atoms with Gasteiger partial charge in [-0.05, 0) is 141 Å². The number of hydrogen-bond acceptors (Lipinski definition) is 8. The number of rotatable bonds is 69. The van der Waals surface area contributed by atoms with Gasteiger partial charge in [0.2, 0.25) is 0 Å². The summed E-state index contributed by atoms with van der Waals surface area (Å²) in [6.45, 7) is 3.51. The van der Waals surface area contributed by atoms with E-state index in [1.807, 2.05) is 0 Å². The van der Waals surface area contributed by atoms with Gasteiger partial charge >= 0.3 is 19.8 Å². The van der Waals surface area contributed by atoms with E-state index in [4.69, 9.17) is 24.3 Å². The maximum Gasteiger partial charge on any atom is 0.472 e. The van der Waals surface area contributed by atoms with Crippen LogP contribution in [-0.4, -0.2) is 49.3 Å². The molecule has 2 atom stereocenters. The first-order chi connectivity index (χ1) is 46.8. The summed E-state index contributed by atoms with van der Waals surface area (Å²) in [4.78, 5) is 35.4. The molecule has 9 nitrogen and oxygen atoms in total. The van der Waals surface area contributed by atoms with Gasteiger partial charge in [-0.2, -0.15) is 0 Å². The van der Waals surface area contributed by atoms with Crippen LogP contribution < -0.4 is 5.73 Å². The minimum absolute atomic E-state index is 0.0446. The summed E-state index contributed by atoms with van der Waals surface area (Å²) in [5, 5.41) is 0. The monoisotopic (exact) mass is 1330 g/mol. The van der Waals surface area contributed by atoms with E-state index in [1.165, 1.54) is 109 Å². The molecule has 2 unspecified atom stereocenters. The van der Waals surface area contributed by atoms with Crippen molar-refractivity contribution in [3.8, 4) is 0 Å². The molecule has 0 aliphatic carbocycles. The standard InChI is InChI=1S/C85H138NO8P/c1-3-5-7-9-11-13-15-17-19-21-23-25-27-29-31-33-35-37-39-40-41-42-44-46-48-50-52-54-56-58-60-62-64-66-68-70-72-74-76-78-85(88)94-83(82-93-95(89,90)92-80-79-86)81-91-84(87)77-75-73-71-69-67-65-63-61-59-57-55-53-51-49-47-45-43-38-36-34-32-30-28-26-24-22-20-18-16-14-12-10-8-6-4-2/h5-8,11-14,17-20,23-26,29-32,35-38,40-41,44-47,50,52,83H,3-4,9-10,15-16,21-22,27-28,33-34,39,42-43,48-49,51,53-82,86H2,1-2H3,(H,89,90)/b7-5-,8-6-,13-11-,14-12-,19-17-,20-18-,25-23-,26-24-,31-29-,32-30-,37-35-,38-36-,41-40-,46-44-,47-45-,52-50-. The van der Waals surface area contributed by atoms with Crippen LogP contribution in [0.2, 0.25) is 0 Å². The van der Waals surface area contributed by atoms with Gasteiger partial charge in [-0.15, -0.1) is 0 Å². The van der Waals surface area contributed by atoms with Gasteiger partial charge in [-0.25, -0.2) is 4.57 Å². The molecular weight excluding hydrogens is 1190 g/mol. The van der Waals surface area contributed by atoms with Crippen LogP contribution in [0.3, 0.4) is 0 Å². The minimum Gasteiger partial charge on any atom is -0.462 e. The van der Waals surface area contributed by atoms with Crippen LogP contribution in [0.4, 0.5) is 0 Å². The second-order valence-electron chi connectivity index (χ2n) is 24.4. The van der Waals surface area contributed by atoms with Crippen molar-refractivity contribution >= 4 is 19.8 Å². The van der Waals surface area contributed by atoms with Crippen LogP contribution in [0.15, 0.2) is 194 Å². The number of unbranched alkanes of at least 4 members (excludes halogenated alkanes) is 24. The third-order valence-corrected chi connectivity index (χ3v) is 16.5. The molecular formula is C85H138NO8P. The number of ether oxygens (including phenoxy) is 2. The van der Waals surface area contributed by atoms with E-state index in [9.17, 15) is 19.0 Å². The quantitative estimate of drug-likeness (QED) is 0.0264. The molecule has 0 bridgehead atoms. The number of nitrogens with two attached hydrogens (primary N) is 1. The Morgan fingerprint density at radius 1 is 0.316 bits per heavy atom. The fourth-order valence-corrected chi connectivity index (χ4v) is 10.7. The highest BCUT2D eigenvalue weighted by molar-refractivity contribution is 7.47. The van der Waals surface area contributed by atoms with Crippen molar-refractivity contribution in [2.75, 3.05) is 26.4 Å². The van der Waals surface area contributed by atoms with Crippen molar-refractivity contribution in [1.82, 2.24) is 0 Å². The van der Waals surface area contributed by atoms with Gasteiger partial charge in [0.05, 0.1) is 13.2 Å². The Bertz CT molecular complexity index is 2270. The summed E-state index contributed by atoms with van der Waals surface area (Å²) in [5.41, 5.74) is 5.41. The SMILES string of the molecule is CC/C=C\C/C=C\C/C=C\C/C=C\C/C=C\C/C=C\C/C=C\C/C=C\C/C=C\CCCCCCCCCCCCCC(=O)OC(COC(=O)CCCCCCCCCCCCCCC/C=C\C/C=C\C/C=C\C/C=C\C/C=C\C/C=C\C/C=C\CC)COP(=O)(O)OCCN. The number of allylic oxidation sites excluding steroid dienone is 32. The zero-order valence-electron chi connectivity index (χ0n) is 60.3. The molecule has 0 heterocycles. The van der Waals surface area contributed by atoms with Gasteiger partial charge < -0.3 is 20.1 Å². The predicted molar refractivity (Wildman–Crippen MR) is 412 cm³/mol. The fourth-order valence-electron chi connectivity index (χ4n) is 9.96.